The number of Topliss-reactive ketones (excluding diaryl/α,β-unsaturated/α-hetero) is 1. The fourth-order valence-electron chi connectivity index (χ4n) is 4.47. The Morgan fingerprint density at radius 1 is 1.14 bits per heavy atom. The summed E-state index contributed by atoms with van der Waals surface area (Å²) < 4.78 is 42.7. The number of carbonyl (C=O) groups is 3. The Morgan fingerprint density at radius 2 is 1.89 bits per heavy atom. The smallest absolute Gasteiger partial charge is 0.406 e. The maximum Gasteiger partial charge on any atom is 0.573 e. The van der Waals surface area contributed by atoms with Gasteiger partial charge in [-0.1, -0.05) is 37.3 Å². The molecular formula is C24H23F3N4O4. The summed E-state index contributed by atoms with van der Waals surface area (Å²) in [5, 5.41) is 3.38. The molecule has 2 atom stereocenters. The predicted molar refractivity (Wildman–Crippen MR) is 122 cm³/mol. The zero-order chi connectivity index (χ0) is 25.3. The normalized spacial score (nSPS) is 18.0. The lowest BCUT2D eigenvalue weighted by Gasteiger charge is -2.26. The number of anilines is 1. The SMILES string of the molecule is C[C@H]1CCN(C(=O)Nc2cn(C(N)=O)c3ccccc23)[C@@H]1C(=O)Cc1cccc(OC(F)(F)F)c1. The Kier molecular flexibility index (Phi) is 6.42. The van der Waals surface area contributed by atoms with Crippen LogP contribution in [0, 0.1) is 5.92 Å². The van der Waals surface area contributed by atoms with Crippen molar-refractivity contribution in [2.45, 2.75) is 32.2 Å². The summed E-state index contributed by atoms with van der Waals surface area (Å²) in [5.41, 5.74) is 6.67. The molecule has 0 saturated carbocycles. The summed E-state index contributed by atoms with van der Waals surface area (Å²) in [7, 11) is 0. The van der Waals surface area contributed by atoms with E-state index < -0.39 is 30.2 Å². The van der Waals surface area contributed by atoms with Crippen LogP contribution in [0.1, 0.15) is 18.9 Å². The molecule has 35 heavy (non-hydrogen) atoms. The van der Waals surface area contributed by atoms with Crippen molar-refractivity contribution in [1.29, 1.82) is 0 Å². The topological polar surface area (TPSA) is 107 Å². The molecule has 0 radical (unpaired) electrons. The fourth-order valence-corrected chi connectivity index (χ4v) is 4.47. The molecule has 0 spiro atoms. The third-order valence-corrected chi connectivity index (χ3v) is 5.99. The Bertz CT molecular complexity index is 1290. The van der Waals surface area contributed by atoms with E-state index in [0.717, 1.165) is 12.1 Å². The van der Waals surface area contributed by atoms with Crippen molar-refractivity contribution >= 4 is 34.4 Å². The van der Waals surface area contributed by atoms with Crippen LogP contribution in [0.15, 0.2) is 54.7 Å². The first-order chi connectivity index (χ1) is 16.5. The van der Waals surface area contributed by atoms with E-state index in [1.807, 2.05) is 6.92 Å². The molecule has 0 aliphatic carbocycles. The van der Waals surface area contributed by atoms with Crippen LogP contribution in [0.4, 0.5) is 28.4 Å². The minimum absolute atomic E-state index is 0.144. The van der Waals surface area contributed by atoms with Gasteiger partial charge in [-0.2, -0.15) is 0 Å². The quantitative estimate of drug-likeness (QED) is 0.551. The molecule has 3 N–H and O–H groups in total. The van der Waals surface area contributed by atoms with Crippen molar-refractivity contribution in [3.05, 3.63) is 60.3 Å². The molecule has 4 rings (SSSR count). The number of urea groups is 1. The number of amides is 3. The van der Waals surface area contributed by atoms with Crippen LogP contribution in [0.5, 0.6) is 5.75 Å². The molecule has 1 aromatic heterocycles. The largest absolute Gasteiger partial charge is 0.573 e. The van der Waals surface area contributed by atoms with Gasteiger partial charge in [0.15, 0.2) is 5.78 Å². The molecular weight excluding hydrogens is 465 g/mol. The zero-order valence-corrected chi connectivity index (χ0v) is 18.7. The average molecular weight is 488 g/mol. The van der Waals surface area contributed by atoms with E-state index in [4.69, 9.17) is 5.73 Å². The third-order valence-electron chi connectivity index (χ3n) is 5.99. The van der Waals surface area contributed by atoms with E-state index in [9.17, 15) is 27.6 Å². The molecule has 11 heteroatoms. The molecule has 1 aliphatic rings. The number of ether oxygens (including phenoxy) is 1. The van der Waals surface area contributed by atoms with Crippen molar-refractivity contribution in [3.8, 4) is 5.75 Å². The van der Waals surface area contributed by atoms with Gasteiger partial charge in [0.25, 0.3) is 0 Å². The lowest BCUT2D eigenvalue weighted by molar-refractivity contribution is -0.274. The van der Waals surface area contributed by atoms with Gasteiger partial charge < -0.3 is 20.7 Å². The lowest BCUT2D eigenvalue weighted by atomic mass is 9.95. The monoisotopic (exact) mass is 488 g/mol. The minimum atomic E-state index is -4.84. The van der Waals surface area contributed by atoms with Crippen LogP contribution < -0.4 is 15.8 Å². The molecule has 2 heterocycles. The number of primary amides is 1. The first-order valence-corrected chi connectivity index (χ1v) is 10.9. The number of fused-ring (bicyclic) bond motifs is 1. The number of hydrogen-bond acceptors (Lipinski definition) is 4. The average Bonchev–Trinajstić information content (AvgIpc) is 3.34. The highest BCUT2D eigenvalue weighted by Crippen LogP contribution is 2.30. The molecule has 2 aromatic carbocycles. The van der Waals surface area contributed by atoms with Gasteiger partial charge in [-0.05, 0) is 36.1 Å². The van der Waals surface area contributed by atoms with E-state index in [0.29, 0.717) is 35.1 Å². The van der Waals surface area contributed by atoms with E-state index in [1.54, 1.807) is 24.3 Å². The summed E-state index contributed by atoms with van der Waals surface area (Å²) in [6.45, 7) is 2.17. The number of rotatable bonds is 5. The first-order valence-electron chi connectivity index (χ1n) is 10.9. The second-order valence-corrected chi connectivity index (χ2v) is 8.44. The number of nitrogens with zero attached hydrogens (tertiary/aromatic N) is 2. The van der Waals surface area contributed by atoms with Gasteiger partial charge in [-0.3, -0.25) is 9.36 Å². The number of likely N-dealkylation sites (tertiary alicyclic amines) is 1. The van der Waals surface area contributed by atoms with Crippen LogP contribution in [-0.2, 0) is 11.2 Å². The maximum absolute atomic E-state index is 13.2. The van der Waals surface area contributed by atoms with Crippen LogP contribution in [0.3, 0.4) is 0 Å². The number of benzene rings is 2. The Labute approximate surface area is 198 Å². The van der Waals surface area contributed by atoms with Crippen LogP contribution in [0.2, 0.25) is 0 Å². The van der Waals surface area contributed by atoms with Crippen LogP contribution in [0.25, 0.3) is 10.9 Å². The molecule has 1 saturated heterocycles. The van der Waals surface area contributed by atoms with Crippen molar-refractivity contribution in [1.82, 2.24) is 9.47 Å². The van der Waals surface area contributed by atoms with Crippen molar-refractivity contribution in [3.63, 3.8) is 0 Å². The highest BCUT2D eigenvalue weighted by atomic mass is 19.4. The standard InChI is InChI=1S/C24H23F3N4O4/c1-14-9-10-30(21(14)20(32)12-15-5-4-6-16(11-15)35-24(25,26)27)23(34)29-18-13-31(22(28)33)19-8-3-2-7-17(18)19/h2-8,11,13-14,21H,9-10,12H2,1H3,(H2,28,33)(H,29,34)/t14-,21-/m0/s1. The number of nitrogens with two attached hydrogens (primary N) is 1. The molecule has 3 aromatic rings. The van der Waals surface area contributed by atoms with Crippen molar-refractivity contribution in [2.75, 3.05) is 11.9 Å². The molecule has 8 nitrogen and oxygen atoms in total. The van der Waals surface area contributed by atoms with Crippen molar-refractivity contribution in [2.24, 2.45) is 11.7 Å². The van der Waals surface area contributed by atoms with E-state index in [2.05, 4.69) is 10.1 Å². The number of hydrogen-bond donors (Lipinski definition) is 2. The van der Waals surface area contributed by atoms with Gasteiger partial charge in [-0.25, -0.2) is 9.59 Å². The van der Waals surface area contributed by atoms with Gasteiger partial charge in [-0.15, -0.1) is 13.2 Å². The fraction of sp³-hybridized carbons (Fsp3) is 0.292. The van der Waals surface area contributed by atoms with Gasteiger partial charge >= 0.3 is 18.4 Å². The molecule has 3 amide bonds. The van der Waals surface area contributed by atoms with Crippen LogP contribution >= 0.6 is 0 Å². The van der Waals surface area contributed by atoms with Gasteiger partial charge in [0, 0.05) is 24.5 Å². The number of halogens is 3. The molecule has 1 fully saturated rings. The zero-order valence-electron chi connectivity index (χ0n) is 18.7. The number of carbonyl (C=O) groups excluding carboxylic acids is 3. The number of ketones is 1. The predicted octanol–water partition coefficient (Wildman–Crippen LogP) is 4.52. The summed E-state index contributed by atoms with van der Waals surface area (Å²) >= 11 is 0. The number of nitrogens with one attached hydrogen (secondary N) is 1. The second-order valence-electron chi connectivity index (χ2n) is 8.44. The maximum atomic E-state index is 13.2. The van der Waals surface area contributed by atoms with Gasteiger partial charge in [0.1, 0.15) is 5.75 Å². The Hall–Kier alpha value is -4.02. The Morgan fingerprint density at radius 3 is 2.60 bits per heavy atom. The summed E-state index contributed by atoms with van der Waals surface area (Å²) in [5.74, 6) is -0.855. The van der Waals surface area contributed by atoms with E-state index >= 15 is 0 Å². The number of para-hydroxylation sites is 1. The van der Waals surface area contributed by atoms with Gasteiger partial charge in [0.2, 0.25) is 0 Å². The highest BCUT2D eigenvalue weighted by molar-refractivity contribution is 6.05. The lowest BCUT2D eigenvalue weighted by Crippen LogP contribution is -2.45. The minimum Gasteiger partial charge on any atom is -0.406 e. The third kappa shape index (κ3) is 5.23. The van der Waals surface area contributed by atoms with E-state index in [-0.39, 0.29) is 18.1 Å². The van der Waals surface area contributed by atoms with E-state index in [1.165, 1.54) is 27.8 Å². The van der Waals surface area contributed by atoms with Crippen LogP contribution in [-0.4, -0.2) is 46.3 Å². The second kappa shape index (κ2) is 9.32. The summed E-state index contributed by atoms with van der Waals surface area (Å²) in [6.07, 6.45) is -2.98. The summed E-state index contributed by atoms with van der Waals surface area (Å²) in [6, 6.07) is 10.2. The first kappa shape index (κ1) is 24.1. The molecule has 1 aliphatic heterocycles. The summed E-state index contributed by atoms with van der Waals surface area (Å²) in [4.78, 5) is 39.5. The molecule has 0 unspecified atom stereocenters. The van der Waals surface area contributed by atoms with Crippen molar-refractivity contribution < 1.29 is 32.3 Å². The number of aromatic nitrogens is 1. The molecule has 0 bridgehead atoms. The Balaban J connectivity index is 1.52. The molecule has 184 valence electrons. The number of alkyl halides is 3. The highest BCUT2D eigenvalue weighted by Gasteiger charge is 2.39. The van der Waals surface area contributed by atoms with Gasteiger partial charge in [0.05, 0.1) is 17.2 Å².